The number of rotatable bonds is 1. The predicted molar refractivity (Wildman–Crippen MR) is 45.9 cm³/mol. The van der Waals surface area contributed by atoms with Gasteiger partial charge in [0.25, 0.3) is 0 Å². The normalized spacial score (nSPS) is 39.5. The number of nitrogens with two attached hydrogens (primary N) is 1. The van der Waals surface area contributed by atoms with E-state index in [2.05, 4.69) is 0 Å². The lowest BCUT2D eigenvalue weighted by atomic mass is 9.79. The second kappa shape index (κ2) is 2.69. The average Bonchev–Trinajstić information content (AvgIpc) is 2.02. The van der Waals surface area contributed by atoms with E-state index in [4.69, 9.17) is 15.2 Å². The molecule has 12 heavy (non-hydrogen) atoms. The maximum Gasteiger partial charge on any atom is 0.102 e. The van der Waals surface area contributed by atoms with Gasteiger partial charge in [0.1, 0.15) is 5.60 Å². The third-order valence-electron chi connectivity index (χ3n) is 2.93. The molecule has 70 valence electrons. The Morgan fingerprint density at radius 3 is 2.58 bits per heavy atom. The highest BCUT2D eigenvalue weighted by atomic mass is 16.6. The van der Waals surface area contributed by atoms with Gasteiger partial charge in [0.2, 0.25) is 0 Å². The molecule has 0 bridgehead atoms. The van der Waals surface area contributed by atoms with E-state index in [1.54, 1.807) is 0 Å². The van der Waals surface area contributed by atoms with E-state index in [0.717, 1.165) is 19.4 Å². The maximum absolute atomic E-state index is 6.00. The quantitative estimate of drug-likeness (QED) is 0.630. The minimum absolute atomic E-state index is 0.0341. The summed E-state index contributed by atoms with van der Waals surface area (Å²) < 4.78 is 11.5. The van der Waals surface area contributed by atoms with Gasteiger partial charge in [-0.2, -0.15) is 0 Å². The molecule has 1 heterocycles. The van der Waals surface area contributed by atoms with Crippen LogP contribution < -0.4 is 5.73 Å². The Bertz CT molecular complexity index is 170. The van der Waals surface area contributed by atoms with Gasteiger partial charge in [0.05, 0.1) is 18.8 Å². The summed E-state index contributed by atoms with van der Waals surface area (Å²) in [5, 5.41) is 0. The van der Waals surface area contributed by atoms with Crippen LogP contribution in [0.25, 0.3) is 0 Å². The molecule has 0 aromatic rings. The van der Waals surface area contributed by atoms with Crippen molar-refractivity contribution >= 4 is 0 Å². The van der Waals surface area contributed by atoms with E-state index in [0.29, 0.717) is 13.2 Å². The molecule has 1 spiro atoms. The molecule has 2 fully saturated rings. The molecule has 3 nitrogen and oxygen atoms in total. The summed E-state index contributed by atoms with van der Waals surface area (Å²) in [6, 6.07) is 0. The molecule has 3 heteroatoms. The Morgan fingerprint density at radius 1 is 1.33 bits per heavy atom. The van der Waals surface area contributed by atoms with Crippen molar-refractivity contribution in [2.75, 3.05) is 19.8 Å². The van der Waals surface area contributed by atoms with Crippen LogP contribution in [0.3, 0.4) is 0 Å². The molecule has 1 unspecified atom stereocenters. The second-order valence-electron chi connectivity index (χ2n) is 4.29. The zero-order valence-electron chi connectivity index (χ0n) is 7.64. The molecule has 0 aromatic heterocycles. The summed E-state index contributed by atoms with van der Waals surface area (Å²) in [5.74, 6) is 0. The Balaban J connectivity index is 2.03. The first-order chi connectivity index (χ1) is 5.68. The van der Waals surface area contributed by atoms with E-state index in [9.17, 15) is 0 Å². The van der Waals surface area contributed by atoms with Crippen molar-refractivity contribution < 1.29 is 9.47 Å². The summed E-state index contributed by atoms with van der Waals surface area (Å²) in [5.41, 5.74) is 5.43. The van der Waals surface area contributed by atoms with Crippen LogP contribution >= 0.6 is 0 Å². The Labute approximate surface area is 73.2 Å². The zero-order valence-corrected chi connectivity index (χ0v) is 7.64. The molecular formula is C9H17NO2. The SMILES string of the molecule is CC1(CN)COCC2(CCC2)O1. The topological polar surface area (TPSA) is 44.5 Å². The summed E-state index contributed by atoms with van der Waals surface area (Å²) in [4.78, 5) is 0. The Kier molecular flexibility index (Phi) is 1.90. The molecule has 1 saturated carbocycles. The third kappa shape index (κ3) is 1.26. The van der Waals surface area contributed by atoms with Gasteiger partial charge >= 0.3 is 0 Å². The Hall–Kier alpha value is -0.120. The van der Waals surface area contributed by atoms with E-state index in [1.807, 2.05) is 6.92 Å². The third-order valence-corrected chi connectivity index (χ3v) is 2.93. The number of ether oxygens (including phenoxy) is 2. The first-order valence-electron chi connectivity index (χ1n) is 4.66. The van der Waals surface area contributed by atoms with Crippen molar-refractivity contribution in [3.8, 4) is 0 Å². The summed E-state index contributed by atoms with van der Waals surface area (Å²) in [7, 11) is 0. The molecule has 1 aliphatic heterocycles. The molecule has 0 aromatic carbocycles. The molecule has 1 atom stereocenters. The maximum atomic E-state index is 6.00. The summed E-state index contributed by atoms with van der Waals surface area (Å²) in [6.07, 6.45) is 3.55. The highest BCUT2D eigenvalue weighted by molar-refractivity contribution is 4.96. The van der Waals surface area contributed by atoms with Crippen LogP contribution in [0, 0.1) is 0 Å². The number of hydrogen-bond donors (Lipinski definition) is 1. The van der Waals surface area contributed by atoms with Crippen molar-refractivity contribution in [2.24, 2.45) is 5.73 Å². The fourth-order valence-electron chi connectivity index (χ4n) is 1.95. The van der Waals surface area contributed by atoms with Crippen LogP contribution in [0.1, 0.15) is 26.2 Å². The van der Waals surface area contributed by atoms with E-state index >= 15 is 0 Å². The lowest BCUT2D eigenvalue weighted by Crippen LogP contribution is -2.59. The first-order valence-corrected chi connectivity index (χ1v) is 4.66. The van der Waals surface area contributed by atoms with Crippen LogP contribution in [0.5, 0.6) is 0 Å². The molecule has 0 radical (unpaired) electrons. The van der Waals surface area contributed by atoms with Crippen LogP contribution in [0.2, 0.25) is 0 Å². The minimum atomic E-state index is -0.237. The fourth-order valence-corrected chi connectivity index (χ4v) is 1.95. The van der Waals surface area contributed by atoms with E-state index < -0.39 is 0 Å². The largest absolute Gasteiger partial charge is 0.375 e. The predicted octanol–water partition coefficient (Wildman–Crippen LogP) is 0.673. The van der Waals surface area contributed by atoms with Gasteiger partial charge in [-0.25, -0.2) is 0 Å². The zero-order chi connectivity index (χ0) is 8.66. The van der Waals surface area contributed by atoms with Gasteiger partial charge in [0, 0.05) is 6.54 Å². The summed E-state index contributed by atoms with van der Waals surface area (Å²) in [6.45, 7) is 3.99. The molecule has 2 rings (SSSR count). The van der Waals surface area contributed by atoms with Gasteiger partial charge in [-0.05, 0) is 26.2 Å². The lowest BCUT2D eigenvalue weighted by molar-refractivity contribution is -0.265. The highest BCUT2D eigenvalue weighted by Gasteiger charge is 2.47. The molecule has 1 saturated heterocycles. The minimum Gasteiger partial charge on any atom is -0.375 e. The summed E-state index contributed by atoms with van der Waals surface area (Å²) >= 11 is 0. The molecule has 0 amide bonds. The molecule has 1 aliphatic carbocycles. The average molecular weight is 171 g/mol. The van der Waals surface area contributed by atoms with E-state index in [-0.39, 0.29) is 11.2 Å². The van der Waals surface area contributed by atoms with E-state index in [1.165, 1.54) is 6.42 Å². The van der Waals surface area contributed by atoms with Crippen LogP contribution in [0.4, 0.5) is 0 Å². The number of hydrogen-bond acceptors (Lipinski definition) is 3. The van der Waals surface area contributed by atoms with Crippen molar-refractivity contribution in [1.82, 2.24) is 0 Å². The smallest absolute Gasteiger partial charge is 0.102 e. The van der Waals surface area contributed by atoms with Crippen molar-refractivity contribution in [3.05, 3.63) is 0 Å². The second-order valence-corrected chi connectivity index (χ2v) is 4.29. The molecular weight excluding hydrogens is 154 g/mol. The standard InChI is InChI=1S/C9H17NO2/c1-8(5-10)6-11-7-9(12-8)3-2-4-9/h2-7,10H2,1H3. The van der Waals surface area contributed by atoms with Crippen LogP contribution in [-0.4, -0.2) is 31.0 Å². The molecule has 2 aliphatic rings. The molecule has 2 N–H and O–H groups in total. The highest BCUT2D eigenvalue weighted by Crippen LogP contribution is 2.41. The van der Waals surface area contributed by atoms with Crippen molar-refractivity contribution in [2.45, 2.75) is 37.4 Å². The monoisotopic (exact) mass is 171 g/mol. The van der Waals surface area contributed by atoms with Crippen molar-refractivity contribution in [3.63, 3.8) is 0 Å². The van der Waals surface area contributed by atoms with Gasteiger partial charge in [0.15, 0.2) is 0 Å². The van der Waals surface area contributed by atoms with Crippen LogP contribution in [-0.2, 0) is 9.47 Å². The van der Waals surface area contributed by atoms with Gasteiger partial charge in [-0.3, -0.25) is 0 Å². The van der Waals surface area contributed by atoms with Gasteiger partial charge in [-0.1, -0.05) is 0 Å². The van der Waals surface area contributed by atoms with Crippen LogP contribution in [0.15, 0.2) is 0 Å². The fraction of sp³-hybridized carbons (Fsp3) is 1.00. The lowest BCUT2D eigenvalue weighted by Gasteiger charge is -2.51. The first kappa shape index (κ1) is 8.48. The Morgan fingerprint density at radius 2 is 2.08 bits per heavy atom. The van der Waals surface area contributed by atoms with Crippen molar-refractivity contribution in [1.29, 1.82) is 0 Å². The van der Waals surface area contributed by atoms with Gasteiger partial charge in [-0.15, -0.1) is 0 Å². The van der Waals surface area contributed by atoms with Gasteiger partial charge < -0.3 is 15.2 Å².